The monoisotopic (exact) mass is 361 g/mol. The average Bonchev–Trinajstić information content (AvgIpc) is 3.34. The minimum absolute atomic E-state index is 0.287. The van der Waals surface area contributed by atoms with Crippen LogP contribution in [0.25, 0.3) is 0 Å². The SMILES string of the molecule is CC.CC.CC(O)C(CO)OC1O[C@H]1O.NCCc1ccc(O)cc1. The van der Waals surface area contributed by atoms with Crippen molar-refractivity contribution in [3.8, 4) is 5.75 Å². The van der Waals surface area contributed by atoms with Gasteiger partial charge in [0.25, 0.3) is 0 Å². The topological polar surface area (TPSA) is 129 Å². The maximum Gasteiger partial charge on any atom is 0.212 e. The Morgan fingerprint density at radius 2 is 1.64 bits per heavy atom. The van der Waals surface area contributed by atoms with Crippen molar-refractivity contribution in [2.24, 2.45) is 5.73 Å². The molecule has 4 atom stereocenters. The van der Waals surface area contributed by atoms with E-state index in [1.165, 1.54) is 12.5 Å². The summed E-state index contributed by atoms with van der Waals surface area (Å²) in [6.07, 6.45) is -2.15. The number of nitrogens with two attached hydrogens (primary N) is 1. The smallest absolute Gasteiger partial charge is 0.212 e. The molecule has 0 radical (unpaired) electrons. The van der Waals surface area contributed by atoms with E-state index in [1.807, 2.05) is 39.8 Å². The summed E-state index contributed by atoms with van der Waals surface area (Å²) in [5.74, 6) is 0.306. The molecule has 25 heavy (non-hydrogen) atoms. The molecule has 0 spiro atoms. The van der Waals surface area contributed by atoms with Crippen LogP contribution in [0, 0.1) is 0 Å². The van der Waals surface area contributed by atoms with Crippen LogP contribution in [0.5, 0.6) is 5.75 Å². The van der Waals surface area contributed by atoms with Gasteiger partial charge < -0.3 is 35.6 Å². The molecule has 1 fully saturated rings. The Bertz CT molecular complexity index is 399. The van der Waals surface area contributed by atoms with Crippen LogP contribution in [-0.4, -0.2) is 58.4 Å². The maximum atomic E-state index is 8.95. The molecule has 2 rings (SSSR count). The molecule has 1 aromatic carbocycles. The molecule has 0 aromatic heterocycles. The fraction of sp³-hybridized carbons (Fsp3) is 0.667. The first-order chi connectivity index (χ1) is 12.0. The van der Waals surface area contributed by atoms with Crippen LogP contribution in [0.4, 0.5) is 0 Å². The maximum absolute atomic E-state index is 8.95. The molecule has 148 valence electrons. The summed E-state index contributed by atoms with van der Waals surface area (Å²) >= 11 is 0. The quantitative estimate of drug-likeness (QED) is 0.484. The van der Waals surface area contributed by atoms with E-state index >= 15 is 0 Å². The van der Waals surface area contributed by atoms with Gasteiger partial charge in [0.2, 0.25) is 12.6 Å². The van der Waals surface area contributed by atoms with Gasteiger partial charge in [-0.25, -0.2) is 0 Å². The Labute approximate surface area is 151 Å². The fourth-order valence-electron chi connectivity index (χ4n) is 1.50. The lowest BCUT2D eigenvalue weighted by atomic mass is 10.1. The summed E-state index contributed by atoms with van der Waals surface area (Å²) in [6.45, 7) is 9.87. The summed E-state index contributed by atoms with van der Waals surface area (Å²) in [5.41, 5.74) is 6.50. The van der Waals surface area contributed by atoms with Gasteiger partial charge in [-0.2, -0.15) is 0 Å². The molecule has 1 aliphatic heterocycles. The Morgan fingerprint density at radius 3 is 1.96 bits per heavy atom. The molecule has 3 unspecified atom stereocenters. The first kappa shape index (κ1) is 26.0. The van der Waals surface area contributed by atoms with Gasteiger partial charge in [-0.05, 0) is 37.6 Å². The number of phenolic OH excluding ortho intramolecular Hbond substituents is 1. The summed E-state index contributed by atoms with van der Waals surface area (Å²) in [6, 6.07) is 7.10. The number of phenols is 1. The first-order valence-corrected chi connectivity index (χ1v) is 8.73. The number of aromatic hydroxyl groups is 1. The van der Waals surface area contributed by atoms with Gasteiger partial charge in [0.05, 0.1) is 12.7 Å². The van der Waals surface area contributed by atoms with Crippen LogP contribution in [0.2, 0.25) is 0 Å². The molecule has 7 heteroatoms. The van der Waals surface area contributed by atoms with Crippen molar-refractivity contribution < 1.29 is 29.9 Å². The van der Waals surface area contributed by atoms with Gasteiger partial charge in [-0.1, -0.05) is 39.8 Å². The predicted molar refractivity (Wildman–Crippen MR) is 98.1 cm³/mol. The van der Waals surface area contributed by atoms with E-state index in [2.05, 4.69) is 4.74 Å². The van der Waals surface area contributed by atoms with E-state index in [4.69, 9.17) is 30.9 Å². The minimum atomic E-state index is -0.900. The highest BCUT2D eigenvalue weighted by atomic mass is 16.8. The van der Waals surface area contributed by atoms with Crippen molar-refractivity contribution in [2.45, 2.75) is 65.8 Å². The third-order valence-corrected chi connectivity index (χ3v) is 2.83. The number of benzene rings is 1. The van der Waals surface area contributed by atoms with Crippen molar-refractivity contribution in [2.75, 3.05) is 13.2 Å². The standard InChI is InChI=1S/C8H11NO.C6H12O5.2C2H6/c9-6-5-7-1-3-8(10)4-2-7;1-3(8)4(2-7)10-6-5(9)11-6;2*1-2/h1-4,10H,5-6,9H2;3-9H,2H2,1H3;2*1-2H3/t;3?,4?,5-,6?;;/m.1../s1. The highest BCUT2D eigenvalue weighted by molar-refractivity contribution is 5.25. The average molecular weight is 361 g/mol. The van der Waals surface area contributed by atoms with Gasteiger partial charge in [-0.15, -0.1) is 0 Å². The Morgan fingerprint density at radius 1 is 1.16 bits per heavy atom. The molecule has 6 N–H and O–H groups in total. The van der Waals surface area contributed by atoms with Crippen molar-refractivity contribution in [1.82, 2.24) is 0 Å². The predicted octanol–water partition coefficient (Wildman–Crippen LogP) is 1.37. The van der Waals surface area contributed by atoms with Crippen LogP contribution < -0.4 is 5.73 Å². The Kier molecular flexibility index (Phi) is 16.9. The number of hydrogen-bond donors (Lipinski definition) is 5. The molecule has 0 aliphatic carbocycles. The highest BCUT2D eigenvalue weighted by Gasteiger charge is 2.40. The van der Waals surface area contributed by atoms with E-state index in [0.29, 0.717) is 12.3 Å². The van der Waals surface area contributed by atoms with Crippen molar-refractivity contribution >= 4 is 0 Å². The lowest BCUT2D eigenvalue weighted by Crippen LogP contribution is -2.31. The largest absolute Gasteiger partial charge is 0.508 e. The van der Waals surface area contributed by atoms with E-state index in [-0.39, 0.29) is 6.61 Å². The number of hydrogen-bond acceptors (Lipinski definition) is 7. The summed E-state index contributed by atoms with van der Waals surface area (Å²) in [5, 5.41) is 35.1. The molecule has 0 amide bonds. The Balaban J connectivity index is 0. The fourth-order valence-corrected chi connectivity index (χ4v) is 1.50. The molecular formula is C18H35NO6. The normalized spacial score (nSPS) is 19.7. The van der Waals surface area contributed by atoms with Crippen LogP contribution >= 0.6 is 0 Å². The molecule has 1 aromatic rings. The van der Waals surface area contributed by atoms with Crippen molar-refractivity contribution in [1.29, 1.82) is 0 Å². The second-order valence-corrected chi connectivity index (χ2v) is 4.70. The first-order valence-electron chi connectivity index (χ1n) is 8.73. The van der Waals surface area contributed by atoms with Crippen LogP contribution in [-0.2, 0) is 15.9 Å². The lowest BCUT2D eigenvalue weighted by molar-refractivity contribution is -0.0908. The van der Waals surface area contributed by atoms with Gasteiger partial charge in [0.15, 0.2) is 0 Å². The molecular weight excluding hydrogens is 326 g/mol. The van der Waals surface area contributed by atoms with Crippen molar-refractivity contribution in [3.63, 3.8) is 0 Å². The highest BCUT2D eigenvalue weighted by Crippen LogP contribution is 2.22. The summed E-state index contributed by atoms with van der Waals surface area (Å²) in [7, 11) is 0. The Hall–Kier alpha value is -1.22. The minimum Gasteiger partial charge on any atom is -0.508 e. The third-order valence-electron chi connectivity index (χ3n) is 2.83. The molecule has 1 heterocycles. The van der Waals surface area contributed by atoms with E-state index < -0.39 is 24.8 Å². The zero-order valence-electron chi connectivity index (χ0n) is 15.9. The van der Waals surface area contributed by atoms with Crippen LogP contribution in [0.1, 0.15) is 40.2 Å². The van der Waals surface area contributed by atoms with E-state index in [1.54, 1.807) is 12.1 Å². The molecule has 0 saturated carbocycles. The molecule has 1 saturated heterocycles. The summed E-state index contributed by atoms with van der Waals surface area (Å²) < 4.78 is 9.42. The van der Waals surface area contributed by atoms with E-state index in [9.17, 15) is 0 Å². The van der Waals surface area contributed by atoms with Crippen LogP contribution in [0.3, 0.4) is 0 Å². The van der Waals surface area contributed by atoms with Crippen LogP contribution in [0.15, 0.2) is 24.3 Å². The summed E-state index contributed by atoms with van der Waals surface area (Å²) in [4.78, 5) is 0. The number of epoxide rings is 1. The van der Waals surface area contributed by atoms with E-state index in [0.717, 1.165) is 6.42 Å². The molecule has 7 nitrogen and oxygen atoms in total. The number of ether oxygens (including phenoxy) is 2. The number of rotatable bonds is 6. The number of aliphatic hydroxyl groups excluding tert-OH is 3. The van der Waals surface area contributed by atoms with Crippen molar-refractivity contribution in [3.05, 3.63) is 29.8 Å². The second-order valence-electron chi connectivity index (χ2n) is 4.70. The van der Waals surface area contributed by atoms with Gasteiger partial charge in [0.1, 0.15) is 11.9 Å². The zero-order chi connectivity index (χ0) is 19.8. The van der Waals surface area contributed by atoms with Gasteiger partial charge in [0, 0.05) is 0 Å². The van der Waals surface area contributed by atoms with Gasteiger partial charge in [-0.3, -0.25) is 0 Å². The zero-order valence-corrected chi connectivity index (χ0v) is 15.9. The second kappa shape index (κ2) is 16.3. The molecule has 0 bridgehead atoms. The number of aliphatic hydroxyl groups is 3. The lowest BCUT2D eigenvalue weighted by Gasteiger charge is -2.15. The van der Waals surface area contributed by atoms with Gasteiger partial charge >= 0.3 is 0 Å². The third kappa shape index (κ3) is 12.7. The molecule has 1 aliphatic rings.